The van der Waals surface area contributed by atoms with Crippen LogP contribution in [0.5, 0.6) is 0 Å². The number of hydrogen-bond acceptors (Lipinski definition) is 3. The van der Waals surface area contributed by atoms with Crippen LogP contribution < -0.4 is 5.32 Å². The van der Waals surface area contributed by atoms with Crippen LogP contribution in [-0.4, -0.2) is 48.8 Å². The Kier molecular flexibility index (Phi) is 4.00. The van der Waals surface area contributed by atoms with Crippen LogP contribution in [0.4, 0.5) is 0 Å². The van der Waals surface area contributed by atoms with Crippen LogP contribution >= 0.6 is 0 Å². The molecule has 0 radical (unpaired) electrons. The minimum absolute atomic E-state index is 0.0992. The highest BCUT2D eigenvalue weighted by molar-refractivity contribution is 4.83. The van der Waals surface area contributed by atoms with E-state index in [2.05, 4.69) is 17.3 Å². The van der Waals surface area contributed by atoms with Crippen molar-refractivity contribution >= 4 is 0 Å². The predicted molar refractivity (Wildman–Crippen MR) is 61.9 cm³/mol. The highest BCUT2D eigenvalue weighted by Gasteiger charge is 2.25. The maximum atomic E-state index is 9.82. The molecule has 88 valence electrons. The highest BCUT2D eigenvalue weighted by Crippen LogP contribution is 2.19. The molecule has 0 bridgehead atoms. The molecule has 2 N–H and O–H groups in total. The van der Waals surface area contributed by atoms with Crippen LogP contribution in [-0.2, 0) is 0 Å². The van der Waals surface area contributed by atoms with E-state index >= 15 is 0 Å². The minimum Gasteiger partial charge on any atom is -0.392 e. The lowest BCUT2D eigenvalue weighted by Crippen LogP contribution is -2.44. The molecular weight excluding hydrogens is 188 g/mol. The Morgan fingerprint density at radius 2 is 2.07 bits per heavy atom. The summed E-state index contributed by atoms with van der Waals surface area (Å²) < 4.78 is 0. The van der Waals surface area contributed by atoms with E-state index in [9.17, 15) is 5.11 Å². The van der Waals surface area contributed by atoms with E-state index in [0.29, 0.717) is 6.04 Å². The molecule has 15 heavy (non-hydrogen) atoms. The summed E-state index contributed by atoms with van der Waals surface area (Å²) in [5.74, 6) is 0.795. The third-order valence-electron chi connectivity index (χ3n) is 3.89. The first-order valence-electron chi connectivity index (χ1n) is 6.35. The van der Waals surface area contributed by atoms with E-state index in [1.807, 2.05) is 0 Å². The Bertz CT molecular complexity index is 198. The number of aliphatic hydroxyl groups is 1. The maximum Gasteiger partial charge on any atom is 0.0693 e. The van der Waals surface area contributed by atoms with E-state index < -0.39 is 0 Å². The van der Waals surface area contributed by atoms with Gasteiger partial charge in [0, 0.05) is 12.6 Å². The Hall–Kier alpha value is -0.120. The fourth-order valence-corrected chi connectivity index (χ4v) is 2.86. The van der Waals surface area contributed by atoms with Gasteiger partial charge in [0.2, 0.25) is 0 Å². The zero-order valence-electron chi connectivity index (χ0n) is 9.78. The molecule has 0 aromatic carbocycles. The smallest absolute Gasteiger partial charge is 0.0693 e. The normalized spacial score (nSPS) is 38.4. The van der Waals surface area contributed by atoms with Gasteiger partial charge in [0.1, 0.15) is 0 Å². The fraction of sp³-hybridized carbons (Fsp3) is 1.00. The first-order valence-corrected chi connectivity index (χ1v) is 6.35. The van der Waals surface area contributed by atoms with Gasteiger partial charge in [0.15, 0.2) is 0 Å². The number of hydrogen-bond donors (Lipinski definition) is 2. The predicted octanol–water partition coefficient (Wildman–Crippen LogP) is 0.831. The zero-order valence-corrected chi connectivity index (χ0v) is 9.78. The number of nitrogens with zero attached hydrogens (tertiary/aromatic N) is 1. The Labute approximate surface area is 92.8 Å². The second-order valence-corrected chi connectivity index (χ2v) is 5.28. The Morgan fingerprint density at radius 3 is 2.73 bits per heavy atom. The standard InChI is InChI=1S/C12H24N2O/c1-14-7-6-10(9-14)8-13-11-4-2-3-5-12(11)15/h10-13,15H,2-9H2,1H3/t10?,11-,12-/m1/s1. The van der Waals surface area contributed by atoms with Crippen LogP contribution in [0, 0.1) is 5.92 Å². The summed E-state index contributed by atoms with van der Waals surface area (Å²) in [5.41, 5.74) is 0. The van der Waals surface area contributed by atoms with Crippen molar-refractivity contribution in [2.45, 2.75) is 44.2 Å². The number of likely N-dealkylation sites (tertiary alicyclic amines) is 1. The molecule has 0 aromatic heterocycles. The zero-order chi connectivity index (χ0) is 10.7. The highest BCUT2D eigenvalue weighted by atomic mass is 16.3. The molecule has 1 unspecified atom stereocenters. The summed E-state index contributed by atoms with van der Waals surface area (Å²) in [6.07, 6.45) is 5.83. The van der Waals surface area contributed by atoms with Crippen LogP contribution in [0.25, 0.3) is 0 Å². The molecule has 3 atom stereocenters. The number of rotatable bonds is 3. The second kappa shape index (κ2) is 5.28. The largest absolute Gasteiger partial charge is 0.392 e. The fourth-order valence-electron chi connectivity index (χ4n) is 2.86. The molecule has 0 amide bonds. The van der Waals surface area contributed by atoms with Gasteiger partial charge in [-0.15, -0.1) is 0 Å². The van der Waals surface area contributed by atoms with Crippen LogP contribution in [0.1, 0.15) is 32.1 Å². The third-order valence-corrected chi connectivity index (χ3v) is 3.89. The molecule has 2 aliphatic rings. The van der Waals surface area contributed by atoms with Gasteiger partial charge in [0.05, 0.1) is 6.10 Å². The van der Waals surface area contributed by atoms with E-state index in [1.54, 1.807) is 0 Å². The van der Waals surface area contributed by atoms with Crippen LogP contribution in [0.15, 0.2) is 0 Å². The van der Waals surface area contributed by atoms with Gasteiger partial charge in [-0.25, -0.2) is 0 Å². The Balaban J connectivity index is 1.68. The number of aliphatic hydroxyl groups excluding tert-OH is 1. The lowest BCUT2D eigenvalue weighted by molar-refractivity contribution is 0.0890. The molecule has 2 rings (SSSR count). The SMILES string of the molecule is CN1CCC(CN[C@@H]2CCCC[C@H]2O)C1. The van der Waals surface area contributed by atoms with Crippen molar-refractivity contribution < 1.29 is 5.11 Å². The van der Waals surface area contributed by atoms with Gasteiger partial charge >= 0.3 is 0 Å². The summed E-state index contributed by atoms with van der Waals surface area (Å²) in [7, 11) is 2.19. The molecule has 0 aromatic rings. The minimum atomic E-state index is -0.0992. The third kappa shape index (κ3) is 3.16. The summed E-state index contributed by atoms with van der Waals surface area (Å²) in [6.45, 7) is 3.54. The summed E-state index contributed by atoms with van der Waals surface area (Å²) in [4.78, 5) is 2.39. The average Bonchev–Trinajstić information content (AvgIpc) is 2.63. The van der Waals surface area contributed by atoms with Gasteiger partial charge in [-0.05, 0) is 45.3 Å². The van der Waals surface area contributed by atoms with Gasteiger partial charge in [-0.2, -0.15) is 0 Å². The van der Waals surface area contributed by atoms with Gasteiger partial charge in [-0.1, -0.05) is 12.8 Å². The quantitative estimate of drug-likeness (QED) is 0.727. The van der Waals surface area contributed by atoms with E-state index in [4.69, 9.17) is 0 Å². The molecule has 1 heterocycles. The van der Waals surface area contributed by atoms with Gasteiger partial charge in [-0.3, -0.25) is 0 Å². The van der Waals surface area contributed by atoms with Crippen molar-refractivity contribution in [1.82, 2.24) is 10.2 Å². The summed E-state index contributed by atoms with van der Waals surface area (Å²) in [5, 5.41) is 13.4. The Morgan fingerprint density at radius 1 is 1.27 bits per heavy atom. The van der Waals surface area contributed by atoms with Crippen molar-refractivity contribution in [1.29, 1.82) is 0 Å². The molecule has 1 saturated heterocycles. The monoisotopic (exact) mass is 212 g/mol. The van der Waals surface area contributed by atoms with Gasteiger partial charge < -0.3 is 15.3 Å². The summed E-state index contributed by atoms with van der Waals surface area (Å²) in [6, 6.07) is 0.365. The first-order chi connectivity index (χ1) is 7.25. The molecule has 1 aliphatic carbocycles. The van der Waals surface area contributed by atoms with Crippen molar-refractivity contribution in [3.05, 3.63) is 0 Å². The van der Waals surface area contributed by atoms with E-state index in [1.165, 1.54) is 32.4 Å². The van der Waals surface area contributed by atoms with Crippen molar-refractivity contribution in [2.75, 3.05) is 26.7 Å². The molecule has 0 spiro atoms. The van der Waals surface area contributed by atoms with E-state index in [0.717, 1.165) is 25.3 Å². The first kappa shape index (κ1) is 11.4. The van der Waals surface area contributed by atoms with Crippen molar-refractivity contribution in [2.24, 2.45) is 5.92 Å². The number of nitrogens with one attached hydrogen (secondary N) is 1. The van der Waals surface area contributed by atoms with Crippen LogP contribution in [0.2, 0.25) is 0 Å². The topological polar surface area (TPSA) is 35.5 Å². The second-order valence-electron chi connectivity index (χ2n) is 5.28. The lowest BCUT2D eigenvalue weighted by Gasteiger charge is -2.29. The lowest BCUT2D eigenvalue weighted by atomic mass is 9.92. The van der Waals surface area contributed by atoms with E-state index in [-0.39, 0.29) is 6.10 Å². The molecule has 2 fully saturated rings. The van der Waals surface area contributed by atoms with Gasteiger partial charge in [0.25, 0.3) is 0 Å². The molecular formula is C12H24N2O. The molecule has 3 heteroatoms. The molecule has 3 nitrogen and oxygen atoms in total. The average molecular weight is 212 g/mol. The summed E-state index contributed by atoms with van der Waals surface area (Å²) >= 11 is 0. The molecule has 1 aliphatic heterocycles. The van der Waals surface area contributed by atoms with Crippen molar-refractivity contribution in [3.63, 3.8) is 0 Å². The molecule has 1 saturated carbocycles. The maximum absolute atomic E-state index is 9.82. The van der Waals surface area contributed by atoms with Crippen LogP contribution in [0.3, 0.4) is 0 Å². The van der Waals surface area contributed by atoms with Crippen molar-refractivity contribution in [3.8, 4) is 0 Å².